The molecular weight excluding hydrogens is 165 g/mol. The average molecular weight is 177 g/mol. The van der Waals surface area contributed by atoms with Gasteiger partial charge in [-0.25, -0.2) is 4.39 Å². The molecule has 1 heterocycles. The van der Waals surface area contributed by atoms with Gasteiger partial charge >= 0.3 is 0 Å². The minimum Gasteiger partial charge on any atom is -0.289 e. The van der Waals surface area contributed by atoms with Gasteiger partial charge in [0.25, 0.3) is 0 Å². The second kappa shape index (κ2) is 2.95. The Balaban J connectivity index is 2.66. The summed E-state index contributed by atoms with van der Waals surface area (Å²) in [5.74, 6) is -0.129. The fourth-order valence-corrected chi connectivity index (χ4v) is 1.84. The molecule has 0 aromatic heterocycles. The Kier molecular flexibility index (Phi) is 1.91. The highest BCUT2D eigenvalue weighted by Gasteiger charge is 2.15. The van der Waals surface area contributed by atoms with Crippen LogP contribution in [0.25, 0.3) is 0 Å². The number of hydrogen-bond acceptors (Lipinski definition) is 1. The van der Waals surface area contributed by atoms with E-state index in [1.54, 1.807) is 6.07 Å². The first kappa shape index (κ1) is 8.42. The summed E-state index contributed by atoms with van der Waals surface area (Å²) in [6, 6.07) is 3.62. The van der Waals surface area contributed by atoms with Gasteiger partial charge in [-0.3, -0.25) is 4.99 Å². The summed E-state index contributed by atoms with van der Waals surface area (Å²) in [6.45, 7) is 4.59. The van der Waals surface area contributed by atoms with Crippen molar-refractivity contribution >= 4 is 5.71 Å². The largest absolute Gasteiger partial charge is 0.289 e. The van der Waals surface area contributed by atoms with Crippen LogP contribution < -0.4 is 0 Å². The molecule has 2 heteroatoms. The molecule has 0 spiro atoms. The molecule has 0 bridgehead atoms. The summed E-state index contributed by atoms with van der Waals surface area (Å²) in [6.07, 6.45) is 0.866. The van der Waals surface area contributed by atoms with E-state index in [-0.39, 0.29) is 5.82 Å². The number of aliphatic imine (C=N–C) groups is 1. The maximum atomic E-state index is 13.5. The van der Waals surface area contributed by atoms with Crippen molar-refractivity contribution in [3.8, 4) is 0 Å². The minimum atomic E-state index is -0.129. The quantitative estimate of drug-likeness (QED) is 0.577. The smallest absolute Gasteiger partial charge is 0.132 e. The summed E-state index contributed by atoms with van der Waals surface area (Å²) >= 11 is 0. The van der Waals surface area contributed by atoms with Gasteiger partial charge < -0.3 is 0 Å². The van der Waals surface area contributed by atoms with Crippen LogP contribution in [-0.2, 0) is 6.42 Å². The fourth-order valence-electron chi connectivity index (χ4n) is 1.84. The van der Waals surface area contributed by atoms with E-state index in [1.165, 1.54) is 0 Å². The van der Waals surface area contributed by atoms with Gasteiger partial charge in [0.2, 0.25) is 0 Å². The van der Waals surface area contributed by atoms with Gasteiger partial charge in [-0.1, -0.05) is 6.07 Å². The molecule has 0 unspecified atom stereocenters. The van der Waals surface area contributed by atoms with Gasteiger partial charge in [-0.05, 0) is 37.5 Å². The van der Waals surface area contributed by atoms with Gasteiger partial charge in [0.1, 0.15) is 5.82 Å². The van der Waals surface area contributed by atoms with Crippen LogP contribution in [0.5, 0.6) is 0 Å². The van der Waals surface area contributed by atoms with Crippen molar-refractivity contribution in [3.63, 3.8) is 0 Å². The topological polar surface area (TPSA) is 12.4 Å². The third-order valence-electron chi connectivity index (χ3n) is 2.41. The zero-order chi connectivity index (χ0) is 9.42. The van der Waals surface area contributed by atoms with Crippen LogP contribution in [0.15, 0.2) is 17.1 Å². The molecule has 0 saturated carbocycles. The van der Waals surface area contributed by atoms with Crippen LogP contribution in [0.2, 0.25) is 0 Å². The van der Waals surface area contributed by atoms with E-state index in [0.29, 0.717) is 0 Å². The molecule has 0 aliphatic carbocycles. The summed E-state index contributed by atoms with van der Waals surface area (Å²) in [5.41, 5.74) is 3.64. The molecule has 2 rings (SSSR count). The standard InChI is InChI=1S/C11H12FN/c1-7-5-9-3-4-13-8(2)11(9)10(12)6-7/h5-6H,3-4H2,1-2H3. The van der Waals surface area contributed by atoms with E-state index >= 15 is 0 Å². The predicted molar refractivity (Wildman–Crippen MR) is 51.9 cm³/mol. The Morgan fingerprint density at radius 2 is 2.08 bits per heavy atom. The summed E-state index contributed by atoms with van der Waals surface area (Å²) in [4.78, 5) is 4.24. The van der Waals surface area contributed by atoms with E-state index < -0.39 is 0 Å². The minimum absolute atomic E-state index is 0.129. The van der Waals surface area contributed by atoms with E-state index in [0.717, 1.165) is 35.4 Å². The molecule has 0 N–H and O–H groups in total. The van der Waals surface area contributed by atoms with Crippen molar-refractivity contribution in [3.05, 3.63) is 34.6 Å². The van der Waals surface area contributed by atoms with Gasteiger partial charge in [-0.15, -0.1) is 0 Å². The monoisotopic (exact) mass is 177 g/mol. The average Bonchev–Trinajstić information content (AvgIpc) is 2.02. The van der Waals surface area contributed by atoms with Crippen molar-refractivity contribution in [2.75, 3.05) is 6.54 Å². The van der Waals surface area contributed by atoms with Gasteiger partial charge in [0, 0.05) is 17.8 Å². The van der Waals surface area contributed by atoms with Crippen LogP contribution in [-0.4, -0.2) is 12.3 Å². The maximum absolute atomic E-state index is 13.5. The van der Waals surface area contributed by atoms with E-state index in [9.17, 15) is 4.39 Å². The number of fused-ring (bicyclic) bond motifs is 1. The lowest BCUT2D eigenvalue weighted by molar-refractivity contribution is 0.619. The molecule has 0 fully saturated rings. The second-order valence-corrected chi connectivity index (χ2v) is 3.50. The molecule has 1 nitrogen and oxygen atoms in total. The lowest BCUT2D eigenvalue weighted by atomic mass is 9.96. The zero-order valence-corrected chi connectivity index (χ0v) is 7.89. The van der Waals surface area contributed by atoms with E-state index in [1.807, 2.05) is 13.8 Å². The molecule has 68 valence electrons. The fraction of sp³-hybridized carbons (Fsp3) is 0.364. The van der Waals surface area contributed by atoms with Gasteiger partial charge in [0.15, 0.2) is 0 Å². The van der Waals surface area contributed by atoms with Crippen LogP contribution in [0.3, 0.4) is 0 Å². The molecular formula is C11H12FN. The number of rotatable bonds is 0. The Labute approximate surface area is 77.3 Å². The van der Waals surface area contributed by atoms with Crippen molar-refractivity contribution in [1.29, 1.82) is 0 Å². The van der Waals surface area contributed by atoms with Crippen LogP contribution in [0.1, 0.15) is 23.6 Å². The molecule has 1 aliphatic heterocycles. The number of benzene rings is 1. The first-order chi connectivity index (χ1) is 6.18. The lowest BCUT2D eigenvalue weighted by Gasteiger charge is -2.15. The van der Waals surface area contributed by atoms with E-state index in [4.69, 9.17) is 0 Å². The molecule has 0 saturated heterocycles. The Bertz CT molecular complexity index is 380. The van der Waals surface area contributed by atoms with Gasteiger partial charge in [-0.2, -0.15) is 0 Å². The highest BCUT2D eigenvalue weighted by atomic mass is 19.1. The molecule has 13 heavy (non-hydrogen) atoms. The SMILES string of the molecule is CC1=NCCc2cc(C)cc(F)c21. The highest BCUT2D eigenvalue weighted by Crippen LogP contribution is 2.21. The molecule has 1 aromatic rings. The Hall–Kier alpha value is -1.18. The highest BCUT2D eigenvalue weighted by molar-refractivity contribution is 6.01. The number of hydrogen-bond donors (Lipinski definition) is 0. The summed E-state index contributed by atoms with van der Waals surface area (Å²) in [7, 11) is 0. The van der Waals surface area contributed by atoms with Crippen molar-refractivity contribution in [1.82, 2.24) is 0 Å². The second-order valence-electron chi connectivity index (χ2n) is 3.50. The molecule has 1 aliphatic rings. The van der Waals surface area contributed by atoms with Crippen molar-refractivity contribution in [2.45, 2.75) is 20.3 Å². The predicted octanol–water partition coefficient (Wildman–Crippen LogP) is 2.50. The Morgan fingerprint density at radius 3 is 2.85 bits per heavy atom. The first-order valence-corrected chi connectivity index (χ1v) is 4.49. The molecule has 0 radical (unpaired) electrons. The lowest BCUT2D eigenvalue weighted by Crippen LogP contribution is -2.12. The summed E-state index contributed by atoms with van der Waals surface area (Å²) < 4.78 is 13.5. The number of halogens is 1. The van der Waals surface area contributed by atoms with Crippen molar-refractivity contribution < 1.29 is 4.39 Å². The number of aryl methyl sites for hydroxylation is 1. The molecule has 0 amide bonds. The van der Waals surface area contributed by atoms with Crippen LogP contribution in [0.4, 0.5) is 4.39 Å². The maximum Gasteiger partial charge on any atom is 0.132 e. The summed E-state index contributed by atoms with van der Waals surface area (Å²) in [5, 5.41) is 0. The van der Waals surface area contributed by atoms with Crippen LogP contribution >= 0.6 is 0 Å². The normalized spacial score (nSPS) is 15.2. The Morgan fingerprint density at radius 1 is 1.31 bits per heavy atom. The third kappa shape index (κ3) is 1.37. The molecule has 1 aromatic carbocycles. The van der Waals surface area contributed by atoms with Gasteiger partial charge in [0.05, 0.1) is 0 Å². The van der Waals surface area contributed by atoms with E-state index in [2.05, 4.69) is 11.1 Å². The third-order valence-corrected chi connectivity index (χ3v) is 2.41. The zero-order valence-electron chi connectivity index (χ0n) is 7.89. The number of nitrogens with zero attached hydrogens (tertiary/aromatic N) is 1. The van der Waals surface area contributed by atoms with Crippen LogP contribution in [0, 0.1) is 12.7 Å². The molecule has 0 atom stereocenters. The van der Waals surface area contributed by atoms with Crippen molar-refractivity contribution in [2.24, 2.45) is 4.99 Å². The first-order valence-electron chi connectivity index (χ1n) is 4.49.